The molecule has 2 amide bonds. The number of hydrogen-bond acceptors (Lipinski definition) is 3. The van der Waals surface area contributed by atoms with Gasteiger partial charge in [-0.15, -0.1) is 0 Å². The summed E-state index contributed by atoms with van der Waals surface area (Å²) in [5, 5.41) is 10.7. The lowest BCUT2D eigenvalue weighted by atomic mass is 9.99. The molecule has 4 aliphatic rings. The Kier molecular flexibility index (Phi) is 3.72. The van der Waals surface area contributed by atoms with Crippen LogP contribution in [0, 0.1) is 23.7 Å². The monoisotopic (exact) mass is 334 g/mol. The fourth-order valence-corrected chi connectivity index (χ4v) is 5.89. The Balaban J connectivity index is 1.34. The Bertz CT molecular complexity index is 541. The molecule has 0 radical (unpaired) electrons. The lowest BCUT2D eigenvalue weighted by Gasteiger charge is -2.30. The predicted octanol–water partition coefficient (Wildman–Crippen LogP) is 1.64. The molecule has 0 bridgehead atoms. The van der Waals surface area contributed by atoms with Gasteiger partial charge in [-0.3, -0.25) is 9.59 Å². The molecule has 0 aliphatic heterocycles. The van der Waals surface area contributed by atoms with E-state index >= 15 is 0 Å². The highest BCUT2D eigenvalue weighted by molar-refractivity contribution is 5.91. The van der Waals surface area contributed by atoms with Crippen molar-refractivity contribution in [2.24, 2.45) is 23.7 Å². The second-order valence-corrected chi connectivity index (χ2v) is 8.87. The van der Waals surface area contributed by atoms with E-state index < -0.39 is 5.60 Å². The molecule has 0 spiro atoms. The number of amides is 2. The van der Waals surface area contributed by atoms with Gasteiger partial charge in [-0.2, -0.15) is 0 Å². The predicted molar refractivity (Wildman–Crippen MR) is 90.0 cm³/mol. The van der Waals surface area contributed by atoms with Gasteiger partial charge in [0.25, 0.3) is 5.91 Å². The minimum absolute atomic E-state index is 0.0999. The highest BCUT2D eigenvalue weighted by Crippen LogP contribution is 2.55. The Labute approximate surface area is 144 Å². The summed E-state index contributed by atoms with van der Waals surface area (Å²) < 4.78 is 0. The normalized spacial score (nSPS) is 41.2. The molecule has 5 atom stereocenters. The number of fused-ring (bicyclic) bond motifs is 2. The van der Waals surface area contributed by atoms with Crippen molar-refractivity contribution in [2.45, 2.75) is 69.6 Å². The molecule has 5 unspecified atom stereocenters. The first kappa shape index (κ1) is 16.4. The topological polar surface area (TPSA) is 60.9 Å². The molecule has 0 aromatic rings. The molecule has 5 heteroatoms. The Morgan fingerprint density at radius 2 is 1.33 bits per heavy atom. The van der Waals surface area contributed by atoms with Gasteiger partial charge in [0.1, 0.15) is 5.60 Å². The molecular weight excluding hydrogens is 304 g/mol. The van der Waals surface area contributed by atoms with Crippen LogP contribution in [0.15, 0.2) is 0 Å². The zero-order valence-corrected chi connectivity index (χ0v) is 15.1. The van der Waals surface area contributed by atoms with Crippen molar-refractivity contribution >= 4 is 11.8 Å². The molecular formula is C19H30N2O3. The number of rotatable bonds is 5. The molecule has 0 saturated heterocycles. The molecule has 24 heavy (non-hydrogen) atoms. The van der Waals surface area contributed by atoms with E-state index in [2.05, 4.69) is 0 Å². The number of hydrogen-bond donors (Lipinski definition) is 1. The SMILES string of the molecule is CN(C(=O)CC(C)(O)C(=O)N(C)C1C2CCCC21)C1C2CCCC21. The summed E-state index contributed by atoms with van der Waals surface area (Å²) in [7, 11) is 3.63. The van der Waals surface area contributed by atoms with Gasteiger partial charge in [0, 0.05) is 26.2 Å². The number of likely N-dealkylation sites (N-methyl/N-ethyl adjacent to an activating group) is 1. The lowest BCUT2D eigenvalue weighted by molar-refractivity contribution is -0.155. The van der Waals surface area contributed by atoms with Gasteiger partial charge in [-0.25, -0.2) is 0 Å². The van der Waals surface area contributed by atoms with Crippen LogP contribution in [0.2, 0.25) is 0 Å². The van der Waals surface area contributed by atoms with E-state index in [9.17, 15) is 14.7 Å². The molecule has 4 saturated carbocycles. The van der Waals surface area contributed by atoms with Crippen LogP contribution < -0.4 is 0 Å². The van der Waals surface area contributed by atoms with E-state index in [0.717, 1.165) is 0 Å². The smallest absolute Gasteiger partial charge is 0.254 e. The summed E-state index contributed by atoms with van der Waals surface area (Å²) in [6.07, 6.45) is 7.26. The van der Waals surface area contributed by atoms with Crippen molar-refractivity contribution in [2.75, 3.05) is 14.1 Å². The van der Waals surface area contributed by atoms with Gasteiger partial charge in [0.2, 0.25) is 5.91 Å². The zero-order valence-electron chi connectivity index (χ0n) is 15.1. The van der Waals surface area contributed by atoms with E-state index in [-0.39, 0.29) is 24.3 Å². The first-order valence-corrected chi connectivity index (χ1v) is 9.58. The van der Waals surface area contributed by atoms with Gasteiger partial charge in [0.15, 0.2) is 0 Å². The average Bonchev–Trinajstić information content (AvgIpc) is 3.23. The van der Waals surface area contributed by atoms with Gasteiger partial charge in [-0.05, 0) is 56.3 Å². The van der Waals surface area contributed by atoms with Gasteiger partial charge in [0.05, 0.1) is 6.42 Å². The minimum Gasteiger partial charge on any atom is -0.380 e. The summed E-state index contributed by atoms with van der Waals surface area (Å²) in [5.41, 5.74) is -1.60. The highest BCUT2D eigenvalue weighted by atomic mass is 16.3. The van der Waals surface area contributed by atoms with Crippen LogP contribution >= 0.6 is 0 Å². The first-order chi connectivity index (χ1) is 11.3. The van der Waals surface area contributed by atoms with Crippen molar-refractivity contribution in [1.82, 2.24) is 9.80 Å². The summed E-state index contributed by atoms with van der Waals surface area (Å²) in [5.74, 6) is 2.18. The van der Waals surface area contributed by atoms with Crippen molar-refractivity contribution in [1.29, 1.82) is 0 Å². The first-order valence-electron chi connectivity index (χ1n) is 9.58. The van der Waals surface area contributed by atoms with E-state index in [1.54, 1.807) is 16.8 Å². The quantitative estimate of drug-likeness (QED) is 0.831. The number of aliphatic hydroxyl groups is 1. The molecule has 0 aromatic carbocycles. The second kappa shape index (κ2) is 5.45. The average molecular weight is 334 g/mol. The van der Waals surface area contributed by atoms with Crippen molar-refractivity contribution in [3.05, 3.63) is 0 Å². The third-order valence-electron chi connectivity index (χ3n) is 7.29. The van der Waals surface area contributed by atoms with Crippen molar-refractivity contribution in [3.8, 4) is 0 Å². The summed E-state index contributed by atoms with van der Waals surface area (Å²) in [6, 6.07) is 0.631. The maximum atomic E-state index is 12.7. The summed E-state index contributed by atoms with van der Waals surface area (Å²) >= 11 is 0. The van der Waals surface area contributed by atoms with E-state index in [0.29, 0.717) is 29.7 Å². The van der Waals surface area contributed by atoms with Crippen molar-refractivity contribution in [3.63, 3.8) is 0 Å². The van der Waals surface area contributed by atoms with Crippen LogP contribution in [0.3, 0.4) is 0 Å². The highest BCUT2D eigenvalue weighted by Gasteiger charge is 2.58. The Morgan fingerprint density at radius 3 is 1.79 bits per heavy atom. The number of carbonyl (C=O) groups excluding carboxylic acids is 2. The van der Waals surface area contributed by atoms with Crippen LogP contribution in [-0.2, 0) is 9.59 Å². The number of nitrogens with zero attached hydrogens (tertiary/aromatic N) is 2. The molecule has 0 aromatic heterocycles. The van der Waals surface area contributed by atoms with E-state index in [1.165, 1.54) is 45.4 Å². The summed E-state index contributed by atoms with van der Waals surface area (Å²) in [4.78, 5) is 28.8. The Morgan fingerprint density at radius 1 is 0.917 bits per heavy atom. The summed E-state index contributed by atoms with van der Waals surface area (Å²) in [6.45, 7) is 1.50. The van der Waals surface area contributed by atoms with Gasteiger partial charge in [-0.1, -0.05) is 12.8 Å². The van der Waals surface area contributed by atoms with E-state index in [1.807, 2.05) is 7.05 Å². The molecule has 4 fully saturated rings. The fourth-order valence-electron chi connectivity index (χ4n) is 5.89. The standard InChI is InChI=1S/C19H30N2O3/c1-19(24,18(23)21(3)17-13-8-5-9-14(13)17)10-15(22)20(2)16-11-6-4-7-12(11)16/h11-14,16-17,24H,4-10H2,1-3H3. The third kappa shape index (κ3) is 2.47. The maximum Gasteiger partial charge on any atom is 0.254 e. The molecule has 4 rings (SSSR count). The Hall–Kier alpha value is -1.10. The minimum atomic E-state index is -1.60. The molecule has 1 N–H and O–H groups in total. The largest absolute Gasteiger partial charge is 0.380 e. The maximum absolute atomic E-state index is 12.7. The lowest BCUT2D eigenvalue weighted by Crippen LogP contribution is -2.50. The van der Waals surface area contributed by atoms with Crippen LogP contribution in [-0.4, -0.2) is 58.5 Å². The van der Waals surface area contributed by atoms with Crippen LogP contribution in [0.5, 0.6) is 0 Å². The molecule has 134 valence electrons. The zero-order chi connectivity index (χ0) is 17.2. The molecule has 0 heterocycles. The second-order valence-electron chi connectivity index (χ2n) is 8.87. The van der Waals surface area contributed by atoms with E-state index in [4.69, 9.17) is 0 Å². The fraction of sp³-hybridized carbons (Fsp3) is 0.895. The van der Waals surface area contributed by atoms with Gasteiger partial charge >= 0.3 is 0 Å². The van der Waals surface area contributed by atoms with Crippen molar-refractivity contribution < 1.29 is 14.7 Å². The van der Waals surface area contributed by atoms with Gasteiger partial charge < -0.3 is 14.9 Å². The molecule has 5 nitrogen and oxygen atoms in total. The van der Waals surface area contributed by atoms with Crippen LogP contribution in [0.4, 0.5) is 0 Å². The molecule has 4 aliphatic carbocycles. The van der Waals surface area contributed by atoms with Crippen LogP contribution in [0.25, 0.3) is 0 Å². The third-order valence-corrected chi connectivity index (χ3v) is 7.29. The van der Waals surface area contributed by atoms with Crippen LogP contribution in [0.1, 0.15) is 51.9 Å². The number of carbonyl (C=O) groups is 2.